The van der Waals surface area contributed by atoms with Gasteiger partial charge in [-0.3, -0.25) is 15.2 Å². The Kier molecular flexibility index (Phi) is 4.08. The van der Waals surface area contributed by atoms with E-state index in [-0.39, 0.29) is 5.91 Å². The molecular formula is C12H14N4O2S. The van der Waals surface area contributed by atoms with E-state index in [2.05, 4.69) is 10.4 Å². The van der Waals surface area contributed by atoms with Crippen LogP contribution in [-0.4, -0.2) is 10.9 Å². The van der Waals surface area contributed by atoms with Crippen molar-refractivity contribution in [1.82, 2.24) is 10.4 Å². The van der Waals surface area contributed by atoms with Gasteiger partial charge in [0.25, 0.3) is 5.91 Å². The van der Waals surface area contributed by atoms with E-state index >= 15 is 0 Å². The number of anilines is 1. The highest BCUT2D eigenvalue weighted by Gasteiger charge is 2.14. The Hall–Kier alpha value is -1.99. The molecule has 5 N–H and O–H groups in total. The molecule has 1 amide bonds. The molecule has 2 aromatic heterocycles. The molecule has 0 aromatic carbocycles. The lowest BCUT2D eigenvalue weighted by atomic mass is 10.2. The number of carbonyl (C=O) groups excluding carboxylic acids is 1. The number of furan rings is 1. The fourth-order valence-electron chi connectivity index (χ4n) is 1.59. The first-order valence-corrected chi connectivity index (χ1v) is 6.53. The van der Waals surface area contributed by atoms with E-state index in [0.29, 0.717) is 28.5 Å². The van der Waals surface area contributed by atoms with Crippen LogP contribution in [0.2, 0.25) is 0 Å². The van der Waals surface area contributed by atoms with Crippen molar-refractivity contribution in [2.75, 3.05) is 5.73 Å². The Morgan fingerprint density at radius 1 is 1.58 bits per heavy atom. The molecule has 0 radical (unpaired) electrons. The summed E-state index contributed by atoms with van der Waals surface area (Å²) in [5.74, 6) is 6.55. The van der Waals surface area contributed by atoms with Crippen molar-refractivity contribution in [2.45, 2.75) is 17.6 Å². The number of hydrazine groups is 1. The molecule has 100 valence electrons. The summed E-state index contributed by atoms with van der Waals surface area (Å²) in [4.78, 5) is 16.3. The van der Waals surface area contributed by atoms with Gasteiger partial charge in [-0.1, -0.05) is 0 Å². The number of thioether (sulfide) groups is 1. The maximum absolute atomic E-state index is 11.4. The summed E-state index contributed by atoms with van der Waals surface area (Å²) in [7, 11) is 0. The maximum atomic E-state index is 11.4. The van der Waals surface area contributed by atoms with Crippen molar-refractivity contribution in [3.63, 3.8) is 0 Å². The van der Waals surface area contributed by atoms with Gasteiger partial charge in [-0.25, -0.2) is 5.84 Å². The lowest BCUT2D eigenvalue weighted by molar-refractivity contribution is 0.0952. The number of nitrogens with one attached hydrogen (secondary N) is 1. The molecule has 2 rings (SSSR count). The van der Waals surface area contributed by atoms with Crippen LogP contribution in [0, 0.1) is 6.92 Å². The monoisotopic (exact) mass is 278 g/mol. The Morgan fingerprint density at radius 2 is 2.37 bits per heavy atom. The number of nitrogens with zero attached hydrogens (tertiary/aromatic N) is 1. The van der Waals surface area contributed by atoms with Gasteiger partial charge in [0.1, 0.15) is 11.5 Å². The predicted molar refractivity (Wildman–Crippen MR) is 73.3 cm³/mol. The zero-order valence-electron chi connectivity index (χ0n) is 10.3. The average Bonchev–Trinajstić information content (AvgIpc) is 2.78. The minimum atomic E-state index is -0.360. The van der Waals surface area contributed by atoms with Crippen molar-refractivity contribution in [2.24, 2.45) is 5.84 Å². The van der Waals surface area contributed by atoms with Gasteiger partial charge in [0.15, 0.2) is 0 Å². The van der Waals surface area contributed by atoms with Crippen LogP contribution in [0.3, 0.4) is 0 Å². The molecule has 0 aliphatic carbocycles. The fourth-order valence-corrected chi connectivity index (χ4v) is 2.41. The van der Waals surface area contributed by atoms with E-state index in [1.165, 1.54) is 11.8 Å². The van der Waals surface area contributed by atoms with Crippen LogP contribution in [0.1, 0.15) is 21.9 Å². The summed E-state index contributed by atoms with van der Waals surface area (Å²) in [6.07, 6.45) is 3.28. The molecule has 0 spiro atoms. The van der Waals surface area contributed by atoms with Gasteiger partial charge in [-0.05, 0) is 19.1 Å². The molecule has 0 unspecified atom stereocenters. The maximum Gasteiger partial charge on any atom is 0.268 e. The van der Waals surface area contributed by atoms with Crippen molar-refractivity contribution in [3.8, 4) is 0 Å². The molecule has 0 aliphatic rings. The van der Waals surface area contributed by atoms with Crippen LogP contribution in [0.25, 0.3) is 0 Å². The average molecular weight is 278 g/mol. The van der Waals surface area contributed by atoms with Crippen LogP contribution < -0.4 is 17.0 Å². The number of hydrogen-bond donors (Lipinski definition) is 3. The van der Waals surface area contributed by atoms with Crippen LogP contribution in [0.15, 0.2) is 33.8 Å². The summed E-state index contributed by atoms with van der Waals surface area (Å²) < 4.78 is 5.51. The normalized spacial score (nSPS) is 10.4. The molecule has 0 aliphatic heterocycles. The van der Waals surface area contributed by atoms with Gasteiger partial charge in [-0.15, -0.1) is 11.8 Å². The lowest BCUT2D eigenvalue weighted by Crippen LogP contribution is -2.30. The van der Waals surface area contributed by atoms with Gasteiger partial charge in [-0.2, -0.15) is 0 Å². The number of hydrogen-bond acceptors (Lipinski definition) is 6. The van der Waals surface area contributed by atoms with Gasteiger partial charge in [0.05, 0.1) is 23.2 Å². The van der Waals surface area contributed by atoms with E-state index in [0.717, 1.165) is 4.90 Å². The predicted octanol–water partition coefficient (Wildman–Crippen LogP) is 1.46. The first-order valence-electron chi connectivity index (χ1n) is 5.54. The van der Waals surface area contributed by atoms with Gasteiger partial charge in [0, 0.05) is 11.1 Å². The van der Waals surface area contributed by atoms with Crippen LogP contribution >= 0.6 is 11.8 Å². The Balaban J connectivity index is 2.09. The number of rotatable bonds is 4. The molecule has 6 nitrogen and oxygen atoms in total. The van der Waals surface area contributed by atoms with Crippen LogP contribution in [0.4, 0.5) is 5.69 Å². The second kappa shape index (κ2) is 5.77. The fraction of sp³-hybridized carbons (Fsp3) is 0.167. The quantitative estimate of drug-likeness (QED) is 0.338. The van der Waals surface area contributed by atoms with Crippen molar-refractivity contribution in [3.05, 3.63) is 41.6 Å². The number of carbonyl (C=O) groups is 1. The molecule has 0 atom stereocenters. The molecule has 0 bridgehead atoms. The number of nitrogen functional groups attached to an aromatic ring is 2. The Labute approximate surface area is 114 Å². The third-order valence-electron chi connectivity index (χ3n) is 2.52. The van der Waals surface area contributed by atoms with Gasteiger partial charge in [0.2, 0.25) is 0 Å². The molecule has 2 heterocycles. The summed E-state index contributed by atoms with van der Waals surface area (Å²) in [5, 5.41) is 0. The highest BCUT2D eigenvalue weighted by molar-refractivity contribution is 7.98. The number of aromatic nitrogens is 1. The first-order chi connectivity index (χ1) is 9.11. The number of pyridine rings is 1. The lowest BCUT2D eigenvalue weighted by Gasteiger charge is -2.02. The zero-order chi connectivity index (χ0) is 13.8. The molecule has 0 saturated heterocycles. The molecule has 0 fully saturated rings. The number of nitrogens with two attached hydrogens (primary N) is 2. The topological polar surface area (TPSA) is 107 Å². The van der Waals surface area contributed by atoms with E-state index < -0.39 is 0 Å². The summed E-state index contributed by atoms with van der Waals surface area (Å²) in [6, 6.07) is 3.52. The van der Waals surface area contributed by atoms with Crippen molar-refractivity contribution in [1.29, 1.82) is 0 Å². The van der Waals surface area contributed by atoms with Crippen LogP contribution in [0.5, 0.6) is 0 Å². The standard InChI is InChI=1S/C12H14N4O2S/c1-7-9(12(17)16-14)4-8(18-7)6-19-11-2-3-15-5-10(11)13/h2-5H,6,13-14H2,1H3,(H,16,17). The first kappa shape index (κ1) is 13.4. The Morgan fingerprint density at radius 3 is 3.05 bits per heavy atom. The van der Waals surface area contributed by atoms with E-state index in [9.17, 15) is 4.79 Å². The largest absolute Gasteiger partial charge is 0.465 e. The number of aryl methyl sites for hydroxylation is 1. The molecular weight excluding hydrogens is 264 g/mol. The van der Waals surface area contributed by atoms with E-state index in [4.69, 9.17) is 16.0 Å². The van der Waals surface area contributed by atoms with Crippen LogP contribution in [-0.2, 0) is 5.75 Å². The van der Waals surface area contributed by atoms with Crippen molar-refractivity contribution >= 4 is 23.4 Å². The van der Waals surface area contributed by atoms with Gasteiger partial charge >= 0.3 is 0 Å². The third-order valence-corrected chi connectivity index (χ3v) is 3.64. The highest BCUT2D eigenvalue weighted by Crippen LogP contribution is 2.28. The summed E-state index contributed by atoms with van der Waals surface area (Å²) in [6.45, 7) is 1.72. The third kappa shape index (κ3) is 3.07. The van der Waals surface area contributed by atoms with E-state index in [1.54, 1.807) is 25.4 Å². The SMILES string of the molecule is Cc1oc(CSc2ccncc2N)cc1C(=O)NN. The smallest absolute Gasteiger partial charge is 0.268 e. The second-order valence-electron chi connectivity index (χ2n) is 3.86. The number of amides is 1. The van der Waals surface area contributed by atoms with E-state index in [1.807, 2.05) is 6.07 Å². The molecule has 19 heavy (non-hydrogen) atoms. The minimum Gasteiger partial charge on any atom is -0.465 e. The Bertz CT molecular complexity index is 597. The minimum absolute atomic E-state index is 0.360. The summed E-state index contributed by atoms with van der Waals surface area (Å²) in [5.41, 5.74) is 8.95. The molecule has 2 aromatic rings. The molecule has 0 saturated carbocycles. The van der Waals surface area contributed by atoms with Gasteiger partial charge < -0.3 is 10.2 Å². The highest BCUT2D eigenvalue weighted by atomic mass is 32.2. The zero-order valence-corrected chi connectivity index (χ0v) is 11.2. The second-order valence-corrected chi connectivity index (χ2v) is 4.88. The van der Waals surface area contributed by atoms with Crippen molar-refractivity contribution < 1.29 is 9.21 Å². The molecule has 7 heteroatoms. The summed E-state index contributed by atoms with van der Waals surface area (Å²) >= 11 is 1.52.